The smallest absolute Gasteiger partial charge is 0.410 e. The van der Waals surface area contributed by atoms with Crippen molar-refractivity contribution in [1.29, 1.82) is 0 Å². The van der Waals surface area contributed by atoms with Crippen LogP contribution in [0.2, 0.25) is 0 Å². The third-order valence-electron chi connectivity index (χ3n) is 5.87. The van der Waals surface area contributed by atoms with Crippen LogP contribution in [-0.4, -0.2) is 47.5 Å². The Morgan fingerprint density at radius 1 is 0.865 bits per heavy atom. The molecule has 0 aliphatic heterocycles. The number of carbonyl (C=O) groups is 2. The number of hydrogen-bond donors (Lipinski definition) is 0. The number of carbonyl (C=O) groups excluding carboxylic acids is 2. The highest BCUT2D eigenvalue weighted by Gasteiger charge is 2.23. The number of esters is 1. The zero-order valence-corrected chi connectivity index (χ0v) is 24.1. The van der Waals surface area contributed by atoms with Gasteiger partial charge in [0, 0.05) is 18.0 Å². The van der Waals surface area contributed by atoms with Crippen LogP contribution in [0.4, 0.5) is 4.79 Å². The topological polar surface area (TPSA) is 55.8 Å². The quantitative estimate of drug-likeness (QED) is 0.135. The Morgan fingerprint density at radius 3 is 2.14 bits per heavy atom. The fourth-order valence-electron chi connectivity index (χ4n) is 3.92. The van der Waals surface area contributed by atoms with E-state index in [4.69, 9.17) is 9.47 Å². The van der Waals surface area contributed by atoms with E-state index in [-0.39, 0.29) is 17.3 Å². The van der Waals surface area contributed by atoms with Gasteiger partial charge in [0.2, 0.25) is 0 Å². The first kappa shape index (κ1) is 30.8. The van der Waals surface area contributed by atoms with Crippen molar-refractivity contribution < 1.29 is 19.1 Å². The molecule has 0 saturated carbocycles. The number of hydrogen-bond acceptors (Lipinski definition) is 5. The van der Waals surface area contributed by atoms with Crippen molar-refractivity contribution >= 4 is 23.8 Å². The van der Waals surface area contributed by atoms with E-state index in [1.54, 1.807) is 0 Å². The summed E-state index contributed by atoms with van der Waals surface area (Å²) in [6, 6.07) is 18.3. The van der Waals surface area contributed by atoms with Gasteiger partial charge >= 0.3 is 12.1 Å². The van der Waals surface area contributed by atoms with Crippen molar-refractivity contribution in [3.8, 4) is 0 Å². The van der Waals surface area contributed by atoms with Crippen LogP contribution in [0.1, 0.15) is 77.8 Å². The largest absolute Gasteiger partial charge is 0.465 e. The summed E-state index contributed by atoms with van der Waals surface area (Å²) in [5, 5.41) is -0.302. The van der Waals surface area contributed by atoms with Gasteiger partial charge in [-0.3, -0.25) is 4.79 Å². The highest BCUT2D eigenvalue weighted by molar-refractivity contribution is 8.00. The maximum Gasteiger partial charge on any atom is 0.410 e. The van der Waals surface area contributed by atoms with Crippen LogP contribution < -0.4 is 0 Å². The molecule has 0 aromatic heterocycles. The number of ether oxygens (including phenoxy) is 2. The molecule has 0 saturated heterocycles. The number of benzene rings is 2. The van der Waals surface area contributed by atoms with Crippen molar-refractivity contribution in [1.82, 2.24) is 4.90 Å². The van der Waals surface area contributed by atoms with Crippen molar-refractivity contribution in [2.24, 2.45) is 0 Å². The summed E-state index contributed by atoms with van der Waals surface area (Å²) in [6.45, 7) is 11.5. The number of nitrogens with zero attached hydrogens (tertiary/aromatic N) is 1. The summed E-state index contributed by atoms with van der Waals surface area (Å²) in [5.74, 6) is -0.188. The summed E-state index contributed by atoms with van der Waals surface area (Å²) >= 11 is 1.54. The molecule has 2 aromatic rings. The molecular weight excluding hydrogens is 482 g/mol. The standard InChI is InChI=1S/C31H45NO4S/c1-6-8-9-10-14-22-32(30(34)36-31(3,4)5)23-21-25-17-19-26(20-18-25)24-28(29(33)35-7-2)37-27-15-12-11-13-16-27/h11-13,15-20,28H,6-10,14,21-24H2,1-5H3. The normalized spacial score (nSPS) is 12.1. The Kier molecular flexibility index (Phi) is 13.6. The average Bonchev–Trinajstić information content (AvgIpc) is 2.86. The Bertz CT molecular complexity index is 924. The van der Waals surface area contributed by atoms with Gasteiger partial charge < -0.3 is 14.4 Å². The maximum absolute atomic E-state index is 12.8. The molecule has 0 aliphatic carbocycles. The molecule has 37 heavy (non-hydrogen) atoms. The lowest BCUT2D eigenvalue weighted by Crippen LogP contribution is -2.38. The van der Waals surface area contributed by atoms with Crippen molar-refractivity contribution in [3.63, 3.8) is 0 Å². The molecule has 0 aliphatic rings. The molecule has 6 heteroatoms. The SMILES string of the molecule is CCCCCCCN(CCc1ccc(CC(Sc2ccccc2)C(=O)OCC)cc1)C(=O)OC(C)(C)C. The predicted molar refractivity (Wildman–Crippen MR) is 153 cm³/mol. The Balaban J connectivity index is 1.99. The van der Waals surface area contributed by atoms with E-state index in [2.05, 4.69) is 31.2 Å². The number of amides is 1. The Morgan fingerprint density at radius 2 is 1.51 bits per heavy atom. The van der Waals surface area contributed by atoms with Crippen molar-refractivity contribution in [3.05, 3.63) is 65.7 Å². The van der Waals surface area contributed by atoms with E-state index in [1.807, 2.05) is 62.9 Å². The summed E-state index contributed by atoms with van der Waals surface area (Å²) in [7, 11) is 0. The fraction of sp³-hybridized carbons (Fsp3) is 0.548. The summed E-state index contributed by atoms with van der Waals surface area (Å²) < 4.78 is 11.0. The molecule has 1 unspecified atom stereocenters. The van der Waals surface area contributed by atoms with Crippen LogP contribution in [0.3, 0.4) is 0 Å². The zero-order valence-electron chi connectivity index (χ0n) is 23.3. The van der Waals surface area contributed by atoms with Gasteiger partial charge in [0.25, 0.3) is 0 Å². The molecule has 5 nitrogen and oxygen atoms in total. The molecule has 2 rings (SSSR count). The van der Waals surface area contributed by atoms with Gasteiger partial charge in [0.1, 0.15) is 10.9 Å². The molecule has 0 spiro atoms. The average molecular weight is 528 g/mol. The zero-order chi connectivity index (χ0) is 27.1. The minimum absolute atomic E-state index is 0.188. The van der Waals surface area contributed by atoms with E-state index < -0.39 is 5.60 Å². The number of rotatable bonds is 15. The van der Waals surface area contributed by atoms with Crippen molar-refractivity contribution in [2.45, 2.75) is 95.3 Å². The van der Waals surface area contributed by atoms with Crippen LogP contribution in [0.5, 0.6) is 0 Å². The van der Waals surface area contributed by atoms with Crippen LogP contribution in [0, 0.1) is 0 Å². The highest BCUT2D eigenvalue weighted by Crippen LogP contribution is 2.27. The van der Waals surface area contributed by atoms with Crippen LogP contribution >= 0.6 is 11.8 Å². The molecule has 204 valence electrons. The van der Waals surface area contributed by atoms with E-state index in [1.165, 1.54) is 31.0 Å². The molecule has 0 heterocycles. The lowest BCUT2D eigenvalue weighted by atomic mass is 10.1. The molecule has 0 radical (unpaired) electrons. The van der Waals surface area contributed by atoms with Crippen LogP contribution in [0.15, 0.2) is 59.5 Å². The molecule has 2 aromatic carbocycles. The van der Waals surface area contributed by atoms with Gasteiger partial charge in [-0.15, -0.1) is 11.8 Å². The second-order valence-electron chi connectivity index (χ2n) is 10.3. The van der Waals surface area contributed by atoms with Gasteiger partial charge in [-0.25, -0.2) is 4.79 Å². The first-order valence-electron chi connectivity index (χ1n) is 13.7. The van der Waals surface area contributed by atoms with Gasteiger partial charge in [-0.2, -0.15) is 0 Å². The maximum atomic E-state index is 12.8. The lowest BCUT2D eigenvalue weighted by molar-refractivity contribution is -0.142. The summed E-state index contributed by atoms with van der Waals surface area (Å²) in [4.78, 5) is 28.3. The number of unbranched alkanes of at least 4 members (excludes halogenated alkanes) is 4. The summed E-state index contributed by atoms with van der Waals surface area (Å²) in [5.41, 5.74) is 1.74. The molecule has 0 N–H and O–H groups in total. The molecule has 0 fully saturated rings. The van der Waals surface area contributed by atoms with Gasteiger partial charge in [-0.1, -0.05) is 75.1 Å². The molecule has 0 bridgehead atoms. The first-order chi connectivity index (χ1) is 17.7. The molecule has 1 amide bonds. The van der Waals surface area contributed by atoms with E-state index in [0.717, 1.165) is 35.3 Å². The van der Waals surface area contributed by atoms with Gasteiger partial charge in [0.15, 0.2) is 0 Å². The second kappa shape index (κ2) is 16.4. The van der Waals surface area contributed by atoms with E-state index in [0.29, 0.717) is 26.1 Å². The fourth-order valence-corrected chi connectivity index (χ4v) is 5.00. The van der Waals surface area contributed by atoms with Crippen LogP contribution in [0.25, 0.3) is 0 Å². The van der Waals surface area contributed by atoms with Gasteiger partial charge in [0.05, 0.1) is 6.61 Å². The lowest BCUT2D eigenvalue weighted by Gasteiger charge is -2.27. The van der Waals surface area contributed by atoms with E-state index >= 15 is 0 Å². The predicted octanol–water partition coefficient (Wildman–Crippen LogP) is 7.70. The Labute approximate surface area is 228 Å². The van der Waals surface area contributed by atoms with Crippen molar-refractivity contribution in [2.75, 3.05) is 19.7 Å². The Hall–Kier alpha value is -2.47. The third kappa shape index (κ3) is 12.6. The minimum Gasteiger partial charge on any atom is -0.465 e. The monoisotopic (exact) mass is 527 g/mol. The number of thioether (sulfide) groups is 1. The second-order valence-corrected chi connectivity index (χ2v) is 11.6. The van der Waals surface area contributed by atoms with Crippen LogP contribution in [-0.2, 0) is 27.1 Å². The molecular formula is C31H45NO4S. The highest BCUT2D eigenvalue weighted by atomic mass is 32.2. The summed E-state index contributed by atoms with van der Waals surface area (Å²) in [6.07, 6.45) is 6.88. The minimum atomic E-state index is -0.508. The molecule has 1 atom stereocenters. The first-order valence-corrected chi connectivity index (χ1v) is 14.5. The van der Waals surface area contributed by atoms with E-state index in [9.17, 15) is 9.59 Å². The van der Waals surface area contributed by atoms with Gasteiger partial charge in [-0.05, 0) is 70.2 Å². The third-order valence-corrected chi connectivity index (χ3v) is 7.06.